The summed E-state index contributed by atoms with van der Waals surface area (Å²) in [5.74, 6) is -1.28. The van der Waals surface area contributed by atoms with Gasteiger partial charge >= 0.3 is 0 Å². The molecule has 3 amide bonds. The minimum Gasteiger partial charge on any atom is -0.370 e. The number of halogens is 1. The van der Waals surface area contributed by atoms with Crippen molar-refractivity contribution in [2.75, 3.05) is 39.3 Å². The summed E-state index contributed by atoms with van der Waals surface area (Å²) in [4.78, 5) is 44.8. The minimum atomic E-state index is -4.19. The fraction of sp³-hybridized carbons (Fsp3) is 0.567. The summed E-state index contributed by atoms with van der Waals surface area (Å²) in [6, 6.07) is 7.95. The first-order chi connectivity index (χ1) is 19.9. The molecule has 230 valence electrons. The normalized spacial score (nSPS) is 19.1. The molecule has 4 rings (SSSR count). The molecular weight excluding hydrogens is 578 g/mol. The molecule has 12 heteroatoms. The van der Waals surface area contributed by atoms with E-state index in [1.165, 1.54) is 36.3 Å². The number of piperidine rings is 1. The molecule has 2 fully saturated rings. The van der Waals surface area contributed by atoms with Crippen LogP contribution in [-0.4, -0.2) is 103 Å². The molecule has 0 spiro atoms. The summed E-state index contributed by atoms with van der Waals surface area (Å²) in [6.07, 6.45) is 3.53. The van der Waals surface area contributed by atoms with Crippen molar-refractivity contribution in [3.8, 4) is 0 Å². The van der Waals surface area contributed by atoms with Gasteiger partial charge in [0.05, 0.1) is 4.90 Å². The van der Waals surface area contributed by atoms with E-state index in [0.717, 1.165) is 29.3 Å². The second kappa shape index (κ2) is 13.7. The molecule has 0 bridgehead atoms. The van der Waals surface area contributed by atoms with E-state index in [2.05, 4.69) is 4.90 Å². The topological polar surface area (TPSA) is 124 Å². The molecule has 2 aliphatic rings. The number of rotatable bonds is 12. The van der Waals surface area contributed by atoms with Gasteiger partial charge in [-0.15, -0.1) is 0 Å². The summed E-state index contributed by atoms with van der Waals surface area (Å²) in [6.45, 7) is 9.03. The fourth-order valence-corrected chi connectivity index (χ4v) is 7.75. The lowest BCUT2D eigenvalue weighted by Gasteiger charge is -2.35. The Kier molecular flexibility index (Phi) is 10.5. The lowest BCUT2D eigenvalue weighted by Crippen LogP contribution is -2.53. The molecule has 2 aromatic carbocycles. The van der Waals surface area contributed by atoms with Crippen LogP contribution in [0.2, 0.25) is 5.02 Å². The number of carbonyl (C=O) groups excluding carboxylic acids is 3. The minimum absolute atomic E-state index is 0.000799. The van der Waals surface area contributed by atoms with E-state index in [9.17, 15) is 22.8 Å². The predicted molar refractivity (Wildman–Crippen MR) is 163 cm³/mol. The van der Waals surface area contributed by atoms with Crippen LogP contribution < -0.4 is 5.73 Å². The Labute approximate surface area is 253 Å². The van der Waals surface area contributed by atoms with Crippen LogP contribution >= 0.6 is 11.6 Å². The zero-order valence-corrected chi connectivity index (χ0v) is 26.2. The van der Waals surface area contributed by atoms with E-state index in [-0.39, 0.29) is 42.8 Å². The van der Waals surface area contributed by atoms with Crippen molar-refractivity contribution < 1.29 is 22.8 Å². The average molecular weight is 620 g/mol. The molecule has 0 aromatic heterocycles. The SMILES string of the molecule is CC(C)N(CCN1CCCCC1)C(=O)[C@H](C)N1CC[C@H](N(CCC(N)=O)S(=O)(=O)c2ccc3cc(Cl)ccc3c2)C1=O. The third-order valence-corrected chi connectivity index (χ3v) is 10.5. The number of amides is 3. The summed E-state index contributed by atoms with van der Waals surface area (Å²) >= 11 is 6.08. The van der Waals surface area contributed by atoms with Crippen molar-refractivity contribution in [3.05, 3.63) is 41.4 Å². The smallest absolute Gasteiger partial charge is 0.245 e. The molecule has 2 saturated heterocycles. The zero-order chi connectivity index (χ0) is 30.6. The van der Waals surface area contributed by atoms with E-state index in [1.54, 1.807) is 31.2 Å². The predicted octanol–water partition coefficient (Wildman–Crippen LogP) is 3.07. The number of fused-ring (bicyclic) bond motifs is 1. The van der Waals surface area contributed by atoms with Gasteiger partial charge in [-0.05, 0) is 88.2 Å². The Morgan fingerprint density at radius 3 is 2.33 bits per heavy atom. The van der Waals surface area contributed by atoms with Gasteiger partial charge in [0, 0.05) is 43.7 Å². The Morgan fingerprint density at radius 1 is 1.00 bits per heavy atom. The van der Waals surface area contributed by atoms with Gasteiger partial charge in [-0.2, -0.15) is 4.31 Å². The molecule has 2 atom stereocenters. The standard InChI is InChI=1S/C30H42ClN5O5S/c1-21(2)34(18-17-33-13-5-4-6-14-33)29(38)22(3)35-15-11-27(30(35)39)36(16-12-28(32)37)42(40,41)26-10-8-23-19-25(31)9-7-24(23)20-26/h7-10,19-22,27H,4-6,11-18H2,1-3H3,(H2,32,37)/t22-,27-/m0/s1. The molecule has 0 saturated carbocycles. The Morgan fingerprint density at radius 2 is 1.67 bits per heavy atom. The Hall–Kier alpha value is -2.73. The lowest BCUT2D eigenvalue weighted by molar-refractivity contribution is -0.145. The van der Waals surface area contributed by atoms with Crippen LogP contribution in [0.1, 0.15) is 52.9 Å². The molecule has 0 unspecified atom stereocenters. The molecule has 42 heavy (non-hydrogen) atoms. The van der Waals surface area contributed by atoms with Crippen molar-refractivity contribution >= 4 is 50.1 Å². The van der Waals surface area contributed by atoms with Crippen molar-refractivity contribution in [2.24, 2.45) is 5.73 Å². The lowest BCUT2D eigenvalue weighted by atomic mass is 10.1. The van der Waals surface area contributed by atoms with Crippen LogP contribution in [0.15, 0.2) is 41.3 Å². The van der Waals surface area contributed by atoms with Gasteiger partial charge < -0.3 is 20.4 Å². The van der Waals surface area contributed by atoms with Crippen LogP contribution in [0.3, 0.4) is 0 Å². The summed E-state index contributed by atoms with van der Waals surface area (Å²) in [5, 5.41) is 1.98. The highest BCUT2D eigenvalue weighted by Gasteiger charge is 2.45. The van der Waals surface area contributed by atoms with Crippen molar-refractivity contribution in [1.82, 2.24) is 19.0 Å². The number of primary amides is 1. The van der Waals surface area contributed by atoms with Crippen molar-refractivity contribution in [1.29, 1.82) is 0 Å². The van der Waals surface area contributed by atoms with Crippen LogP contribution in [-0.2, 0) is 24.4 Å². The zero-order valence-electron chi connectivity index (χ0n) is 24.7. The molecule has 2 heterocycles. The fourth-order valence-electron chi connectivity index (χ4n) is 5.92. The van der Waals surface area contributed by atoms with E-state index >= 15 is 0 Å². The molecule has 2 aliphatic heterocycles. The third-order valence-electron chi connectivity index (χ3n) is 8.36. The van der Waals surface area contributed by atoms with Crippen molar-refractivity contribution in [2.45, 2.75) is 75.9 Å². The van der Waals surface area contributed by atoms with E-state index in [4.69, 9.17) is 17.3 Å². The first kappa shape index (κ1) is 32.2. The molecule has 0 radical (unpaired) electrons. The van der Waals surface area contributed by atoms with Gasteiger partial charge in [0.15, 0.2) is 0 Å². The van der Waals surface area contributed by atoms with Gasteiger partial charge in [-0.25, -0.2) is 8.42 Å². The summed E-state index contributed by atoms with van der Waals surface area (Å²) in [5.41, 5.74) is 5.38. The number of carbonyl (C=O) groups is 3. The van der Waals surface area contributed by atoms with Crippen LogP contribution in [0.25, 0.3) is 10.8 Å². The number of benzene rings is 2. The maximum absolute atomic E-state index is 13.9. The second-order valence-electron chi connectivity index (χ2n) is 11.5. The van der Waals surface area contributed by atoms with Gasteiger partial charge in [-0.3, -0.25) is 14.4 Å². The van der Waals surface area contributed by atoms with Crippen molar-refractivity contribution in [3.63, 3.8) is 0 Å². The van der Waals surface area contributed by atoms with E-state index in [0.29, 0.717) is 17.0 Å². The summed E-state index contributed by atoms with van der Waals surface area (Å²) < 4.78 is 28.9. The van der Waals surface area contributed by atoms with Crippen LogP contribution in [0.4, 0.5) is 0 Å². The molecule has 2 aromatic rings. The molecule has 0 aliphatic carbocycles. The molecule has 10 nitrogen and oxygen atoms in total. The highest BCUT2D eigenvalue weighted by Crippen LogP contribution is 2.29. The quantitative estimate of drug-likeness (QED) is 0.389. The largest absolute Gasteiger partial charge is 0.370 e. The number of likely N-dealkylation sites (tertiary alicyclic amines) is 2. The van der Waals surface area contributed by atoms with E-state index in [1.807, 2.05) is 18.7 Å². The number of hydrogen-bond donors (Lipinski definition) is 1. The molecular formula is C30H42ClN5O5S. The monoisotopic (exact) mass is 619 g/mol. The number of nitrogens with two attached hydrogens (primary N) is 1. The average Bonchev–Trinajstić information content (AvgIpc) is 3.33. The molecule has 2 N–H and O–H groups in total. The first-order valence-electron chi connectivity index (χ1n) is 14.7. The number of nitrogens with zero attached hydrogens (tertiary/aromatic N) is 4. The van der Waals surface area contributed by atoms with Crippen LogP contribution in [0, 0.1) is 0 Å². The van der Waals surface area contributed by atoms with Crippen LogP contribution in [0.5, 0.6) is 0 Å². The summed E-state index contributed by atoms with van der Waals surface area (Å²) in [7, 11) is -4.19. The van der Waals surface area contributed by atoms with Gasteiger partial charge in [0.2, 0.25) is 27.7 Å². The van der Waals surface area contributed by atoms with Gasteiger partial charge in [0.25, 0.3) is 0 Å². The maximum Gasteiger partial charge on any atom is 0.245 e. The third kappa shape index (κ3) is 7.24. The van der Waals surface area contributed by atoms with Gasteiger partial charge in [0.1, 0.15) is 12.1 Å². The Balaban J connectivity index is 1.54. The highest BCUT2D eigenvalue weighted by atomic mass is 35.5. The highest BCUT2D eigenvalue weighted by molar-refractivity contribution is 7.89. The second-order valence-corrected chi connectivity index (χ2v) is 13.9. The van der Waals surface area contributed by atoms with E-state index < -0.39 is 33.9 Å². The number of hydrogen-bond acceptors (Lipinski definition) is 6. The Bertz CT molecular complexity index is 1410. The maximum atomic E-state index is 13.9. The van der Waals surface area contributed by atoms with Gasteiger partial charge in [-0.1, -0.05) is 30.2 Å². The number of sulfonamides is 1. The first-order valence-corrected chi connectivity index (χ1v) is 16.5.